The maximum Gasteiger partial charge on any atom is 0.123 e. The first-order valence-electron chi connectivity index (χ1n) is 6.22. The zero-order valence-corrected chi connectivity index (χ0v) is 11.6. The Balaban J connectivity index is 2.17. The van der Waals surface area contributed by atoms with Crippen molar-refractivity contribution in [3.05, 3.63) is 57.5 Å². The first kappa shape index (κ1) is 13.2. The molecule has 2 rings (SSSR count). The molecule has 0 aliphatic heterocycles. The van der Waals surface area contributed by atoms with Gasteiger partial charge in [0.25, 0.3) is 0 Å². The van der Waals surface area contributed by atoms with E-state index < -0.39 is 0 Å². The van der Waals surface area contributed by atoms with Gasteiger partial charge in [-0.3, -0.25) is 0 Å². The van der Waals surface area contributed by atoms with Gasteiger partial charge in [-0.25, -0.2) is 4.39 Å². The number of hydrogen-bond donors (Lipinski definition) is 1. The van der Waals surface area contributed by atoms with Crippen molar-refractivity contribution in [3.63, 3.8) is 0 Å². The smallest absolute Gasteiger partial charge is 0.123 e. The predicted octanol–water partition coefficient (Wildman–Crippen LogP) is 3.95. The fourth-order valence-corrected chi connectivity index (χ4v) is 3.24. The minimum Gasteiger partial charge on any atom is -0.312 e. The molecule has 0 aliphatic rings. The van der Waals surface area contributed by atoms with Gasteiger partial charge in [0.2, 0.25) is 0 Å². The van der Waals surface area contributed by atoms with E-state index in [9.17, 15) is 4.39 Å². The quantitative estimate of drug-likeness (QED) is 0.861. The van der Waals surface area contributed by atoms with Gasteiger partial charge in [0.15, 0.2) is 0 Å². The summed E-state index contributed by atoms with van der Waals surface area (Å²) in [6, 6.07) is 9.27. The van der Waals surface area contributed by atoms with Crippen LogP contribution < -0.4 is 5.32 Å². The molecule has 0 saturated heterocycles. The maximum atomic E-state index is 12.9. The van der Waals surface area contributed by atoms with Crippen LogP contribution in [0.25, 0.3) is 0 Å². The molecule has 18 heavy (non-hydrogen) atoms. The number of hydrogen-bond acceptors (Lipinski definition) is 2. The molecule has 0 amide bonds. The first-order valence-corrected chi connectivity index (χ1v) is 7.10. The normalized spacial score (nSPS) is 12.6. The van der Waals surface area contributed by atoms with Crippen LogP contribution in [0.1, 0.15) is 29.0 Å². The molecule has 3 heteroatoms. The number of nitrogens with one attached hydrogen (secondary N) is 1. The minimum atomic E-state index is -0.176. The van der Waals surface area contributed by atoms with E-state index in [0.717, 1.165) is 18.4 Å². The third-order valence-corrected chi connectivity index (χ3v) is 4.25. The average molecular weight is 263 g/mol. The Morgan fingerprint density at radius 3 is 2.56 bits per heavy atom. The van der Waals surface area contributed by atoms with Crippen LogP contribution in [-0.4, -0.2) is 7.05 Å². The molecule has 0 fully saturated rings. The zero-order chi connectivity index (χ0) is 13.0. The second kappa shape index (κ2) is 6.12. The Kier molecular flexibility index (Phi) is 4.50. The van der Waals surface area contributed by atoms with Gasteiger partial charge < -0.3 is 5.32 Å². The van der Waals surface area contributed by atoms with Crippen LogP contribution in [-0.2, 0) is 12.8 Å². The molecule has 1 N–H and O–H groups in total. The van der Waals surface area contributed by atoms with Crippen molar-refractivity contribution in [3.8, 4) is 0 Å². The van der Waals surface area contributed by atoms with Crippen molar-refractivity contribution < 1.29 is 4.39 Å². The summed E-state index contributed by atoms with van der Waals surface area (Å²) in [5, 5.41) is 5.50. The van der Waals surface area contributed by atoms with Gasteiger partial charge in [0, 0.05) is 10.9 Å². The fourth-order valence-electron chi connectivity index (χ4n) is 2.13. The van der Waals surface area contributed by atoms with Crippen molar-refractivity contribution in [2.75, 3.05) is 7.05 Å². The molecule has 1 unspecified atom stereocenters. The van der Waals surface area contributed by atoms with E-state index in [4.69, 9.17) is 0 Å². The van der Waals surface area contributed by atoms with E-state index in [2.05, 4.69) is 23.7 Å². The highest BCUT2D eigenvalue weighted by Crippen LogP contribution is 2.27. The van der Waals surface area contributed by atoms with Crippen LogP contribution in [0.5, 0.6) is 0 Å². The minimum absolute atomic E-state index is 0.176. The second-order valence-corrected chi connectivity index (χ2v) is 5.28. The SMILES string of the molecule is CCc1ccsc1C(Cc1ccc(F)cc1)NC. The molecule has 1 aromatic heterocycles. The van der Waals surface area contributed by atoms with Gasteiger partial charge in [-0.15, -0.1) is 11.3 Å². The summed E-state index contributed by atoms with van der Waals surface area (Å²) in [6.45, 7) is 2.18. The topological polar surface area (TPSA) is 12.0 Å². The number of halogens is 1. The summed E-state index contributed by atoms with van der Waals surface area (Å²) < 4.78 is 12.9. The van der Waals surface area contributed by atoms with Crippen LogP contribution in [0.4, 0.5) is 4.39 Å². The zero-order valence-electron chi connectivity index (χ0n) is 10.7. The Morgan fingerprint density at radius 1 is 1.22 bits per heavy atom. The van der Waals surface area contributed by atoms with E-state index in [0.29, 0.717) is 6.04 Å². The number of likely N-dealkylation sites (N-methyl/N-ethyl adjacent to an activating group) is 1. The molecule has 0 spiro atoms. The number of thiophene rings is 1. The van der Waals surface area contributed by atoms with Crippen LogP contribution in [0, 0.1) is 5.82 Å². The lowest BCUT2D eigenvalue weighted by Crippen LogP contribution is -2.18. The van der Waals surface area contributed by atoms with Gasteiger partial charge in [0.1, 0.15) is 5.82 Å². The molecule has 0 bridgehead atoms. The van der Waals surface area contributed by atoms with Crippen LogP contribution in [0.2, 0.25) is 0 Å². The van der Waals surface area contributed by atoms with Gasteiger partial charge in [-0.1, -0.05) is 19.1 Å². The highest BCUT2D eigenvalue weighted by Gasteiger charge is 2.14. The molecular formula is C15H18FNS. The molecule has 0 radical (unpaired) electrons. The average Bonchev–Trinajstić information content (AvgIpc) is 2.86. The summed E-state index contributed by atoms with van der Waals surface area (Å²) in [5.41, 5.74) is 2.56. The monoisotopic (exact) mass is 263 g/mol. The molecule has 2 aromatic rings. The molecular weight excluding hydrogens is 245 g/mol. The van der Waals surface area contributed by atoms with E-state index in [1.165, 1.54) is 22.6 Å². The van der Waals surface area contributed by atoms with Crippen LogP contribution in [0.15, 0.2) is 35.7 Å². The maximum absolute atomic E-state index is 12.9. The molecule has 1 nitrogen and oxygen atoms in total. The Morgan fingerprint density at radius 2 is 1.94 bits per heavy atom. The van der Waals surface area contributed by atoms with Crippen molar-refractivity contribution in [2.45, 2.75) is 25.8 Å². The summed E-state index contributed by atoms with van der Waals surface area (Å²) in [4.78, 5) is 1.39. The third kappa shape index (κ3) is 2.98. The van der Waals surface area contributed by atoms with Crippen molar-refractivity contribution in [2.24, 2.45) is 0 Å². The fraction of sp³-hybridized carbons (Fsp3) is 0.333. The third-order valence-electron chi connectivity index (χ3n) is 3.18. The standard InChI is InChI=1S/C15H18FNS/c1-3-12-8-9-18-15(12)14(17-2)10-11-4-6-13(16)7-5-11/h4-9,14,17H,3,10H2,1-2H3. The summed E-state index contributed by atoms with van der Waals surface area (Å²) >= 11 is 1.79. The second-order valence-electron chi connectivity index (χ2n) is 4.34. The van der Waals surface area contributed by atoms with Gasteiger partial charge >= 0.3 is 0 Å². The van der Waals surface area contributed by atoms with Gasteiger partial charge in [0.05, 0.1) is 0 Å². The molecule has 1 heterocycles. The molecule has 96 valence electrons. The van der Waals surface area contributed by atoms with Crippen molar-refractivity contribution in [1.29, 1.82) is 0 Å². The van der Waals surface area contributed by atoms with Crippen LogP contribution >= 0.6 is 11.3 Å². The summed E-state index contributed by atoms with van der Waals surface area (Å²) in [5.74, 6) is -0.176. The number of benzene rings is 1. The predicted molar refractivity (Wildman–Crippen MR) is 75.6 cm³/mol. The summed E-state index contributed by atoms with van der Waals surface area (Å²) in [7, 11) is 1.98. The lowest BCUT2D eigenvalue weighted by Gasteiger charge is -2.16. The largest absolute Gasteiger partial charge is 0.312 e. The van der Waals surface area contributed by atoms with Gasteiger partial charge in [-0.2, -0.15) is 0 Å². The lowest BCUT2D eigenvalue weighted by molar-refractivity contribution is 0.594. The highest BCUT2D eigenvalue weighted by molar-refractivity contribution is 7.10. The Bertz CT molecular complexity index is 489. The number of rotatable bonds is 5. The Hall–Kier alpha value is -1.19. The van der Waals surface area contributed by atoms with E-state index in [1.807, 2.05) is 19.2 Å². The molecule has 1 aromatic carbocycles. The lowest BCUT2D eigenvalue weighted by atomic mass is 10.0. The molecule has 0 saturated carbocycles. The van der Waals surface area contributed by atoms with Crippen molar-refractivity contribution in [1.82, 2.24) is 5.32 Å². The summed E-state index contributed by atoms with van der Waals surface area (Å²) in [6.07, 6.45) is 1.95. The molecule has 0 aliphatic carbocycles. The van der Waals surface area contributed by atoms with Crippen molar-refractivity contribution >= 4 is 11.3 Å². The van der Waals surface area contributed by atoms with Gasteiger partial charge in [-0.05, 0) is 54.6 Å². The Labute approximate surface area is 112 Å². The van der Waals surface area contributed by atoms with Crippen LogP contribution in [0.3, 0.4) is 0 Å². The molecule has 1 atom stereocenters. The van der Waals surface area contributed by atoms with E-state index >= 15 is 0 Å². The highest BCUT2D eigenvalue weighted by atomic mass is 32.1. The van der Waals surface area contributed by atoms with E-state index in [-0.39, 0.29) is 5.82 Å². The number of aryl methyl sites for hydroxylation is 1. The first-order chi connectivity index (χ1) is 8.74. The van der Waals surface area contributed by atoms with E-state index in [1.54, 1.807) is 11.3 Å².